The zero-order valence-corrected chi connectivity index (χ0v) is 17.6. The molecule has 0 spiro atoms. The summed E-state index contributed by atoms with van der Waals surface area (Å²) >= 11 is 1.37. The summed E-state index contributed by atoms with van der Waals surface area (Å²) in [6.45, 7) is 12.1. The molecule has 2 aromatic carbocycles. The van der Waals surface area contributed by atoms with Crippen LogP contribution >= 0.6 is 11.8 Å². The third-order valence-corrected chi connectivity index (χ3v) is 4.78. The topological polar surface area (TPSA) is 73.6 Å². The molecular formula is C22H28N2O3S. The lowest BCUT2D eigenvalue weighted by atomic mass is 10.0. The predicted octanol–water partition coefficient (Wildman–Crippen LogP) is 4.94. The Morgan fingerprint density at radius 1 is 1.18 bits per heavy atom. The lowest BCUT2D eigenvalue weighted by molar-refractivity contribution is -0.119. The number of nitrogen functional groups attached to an aromatic ring is 1. The van der Waals surface area contributed by atoms with E-state index >= 15 is 0 Å². The minimum Gasteiger partial charge on any atom is -0.491 e. The molecule has 0 bridgehead atoms. The normalized spacial score (nSPS) is 11.8. The molecule has 0 aliphatic rings. The van der Waals surface area contributed by atoms with Crippen molar-refractivity contribution in [3.8, 4) is 11.5 Å². The van der Waals surface area contributed by atoms with Crippen molar-refractivity contribution in [1.29, 1.82) is 0 Å². The number of hydrogen-bond acceptors (Lipinski definition) is 5. The van der Waals surface area contributed by atoms with E-state index in [1.165, 1.54) is 18.7 Å². The van der Waals surface area contributed by atoms with Gasteiger partial charge in [-0.3, -0.25) is 4.79 Å². The lowest BCUT2D eigenvalue weighted by Gasteiger charge is -2.16. The largest absolute Gasteiger partial charge is 0.491 e. The standard InChI is InChI=1S/C22H28N2O3S/c1-14(2)26-19-7-6-8-20(12-19)27-17(5)28-22-11-18(9-10-21(22)23)15(3)13-24-16(4)25/h6-12,14-15H,5,13,23H2,1-4H3,(H,24,25). The molecule has 3 N–H and O–H groups in total. The van der Waals surface area contributed by atoms with E-state index in [4.69, 9.17) is 15.2 Å². The fraction of sp³-hybridized carbons (Fsp3) is 0.318. The Labute approximate surface area is 171 Å². The number of carbonyl (C=O) groups excluding carboxylic acids is 1. The molecule has 0 aliphatic heterocycles. The van der Waals surface area contributed by atoms with Crippen LogP contribution in [0.5, 0.6) is 11.5 Å². The fourth-order valence-electron chi connectivity index (χ4n) is 2.52. The Morgan fingerprint density at radius 3 is 2.57 bits per heavy atom. The van der Waals surface area contributed by atoms with Crippen LogP contribution in [0.15, 0.2) is 59.0 Å². The number of hydrogen-bond donors (Lipinski definition) is 2. The van der Waals surface area contributed by atoms with E-state index < -0.39 is 0 Å². The van der Waals surface area contributed by atoms with Gasteiger partial charge in [-0.2, -0.15) is 0 Å². The van der Waals surface area contributed by atoms with E-state index in [1.807, 2.05) is 56.3 Å². The van der Waals surface area contributed by atoms with E-state index in [-0.39, 0.29) is 17.9 Å². The summed E-state index contributed by atoms with van der Waals surface area (Å²) < 4.78 is 11.5. The van der Waals surface area contributed by atoms with E-state index in [0.29, 0.717) is 23.1 Å². The highest BCUT2D eigenvalue weighted by Gasteiger charge is 2.11. The summed E-state index contributed by atoms with van der Waals surface area (Å²) in [5.74, 6) is 1.54. The Kier molecular flexibility index (Phi) is 7.81. The first kappa shape index (κ1) is 21.7. The SMILES string of the molecule is C=C(Oc1cccc(OC(C)C)c1)Sc1cc(C(C)CNC(C)=O)ccc1N. The van der Waals surface area contributed by atoms with Gasteiger partial charge in [0, 0.05) is 30.1 Å². The monoisotopic (exact) mass is 400 g/mol. The maximum Gasteiger partial charge on any atom is 0.216 e. The van der Waals surface area contributed by atoms with Gasteiger partial charge < -0.3 is 20.5 Å². The van der Waals surface area contributed by atoms with Crippen molar-refractivity contribution in [2.24, 2.45) is 0 Å². The molecule has 0 radical (unpaired) electrons. The molecule has 0 aliphatic carbocycles. The number of benzene rings is 2. The van der Waals surface area contributed by atoms with Crippen molar-refractivity contribution >= 4 is 23.4 Å². The van der Waals surface area contributed by atoms with Crippen LogP contribution in [-0.2, 0) is 4.79 Å². The van der Waals surface area contributed by atoms with Gasteiger partial charge in [0.2, 0.25) is 5.91 Å². The van der Waals surface area contributed by atoms with Gasteiger partial charge in [0.15, 0.2) is 5.09 Å². The first-order valence-electron chi connectivity index (χ1n) is 9.19. The lowest BCUT2D eigenvalue weighted by Crippen LogP contribution is -2.24. The van der Waals surface area contributed by atoms with E-state index in [0.717, 1.165) is 16.2 Å². The van der Waals surface area contributed by atoms with Crippen LogP contribution in [0.3, 0.4) is 0 Å². The highest BCUT2D eigenvalue weighted by Crippen LogP contribution is 2.34. The highest BCUT2D eigenvalue weighted by molar-refractivity contribution is 8.03. The molecule has 0 saturated carbocycles. The summed E-state index contributed by atoms with van der Waals surface area (Å²) in [4.78, 5) is 12.0. The van der Waals surface area contributed by atoms with Gasteiger partial charge in [-0.1, -0.05) is 30.8 Å². The van der Waals surface area contributed by atoms with Crippen molar-refractivity contribution in [2.75, 3.05) is 12.3 Å². The summed E-state index contributed by atoms with van der Waals surface area (Å²) in [6.07, 6.45) is 0.0925. The number of rotatable bonds is 9. The molecule has 5 nitrogen and oxygen atoms in total. The van der Waals surface area contributed by atoms with E-state index in [1.54, 1.807) is 0 Å². The summed E-state index contributed by atoms with van der Waals surface area (Å²) in [6, 6.07) is 13.3. The third-order valence-electron chi connectivity index (χ3n) is 3.90. The molecule has 150 valence electrons. The Balaban J connectivity index is 2.05. The molecule has 2 rings (SSSR count). The van der Waals surface area contributed by atoms with Gasteiger partial charge in [-0.15, -0.1) is 0 Å². The van der Waals surface area contributed by atoms with Crippen molar-refractivity contribution in [3.63, 3.8) is 0 Å². The van der Waals surface area contributed by atoms with Crippen LogP contribution < -0.4 is 20.5 Å². The highest BCUT2D eigenvalue weighted by atomic mass is 32.2. The summed E-state index contributed by atoms with van der Waals surface area (Å²) in [5, 5.41) is 3.35. The molecule has 6 heteroatoms. The summed E-state index contributed by atoms with van der Waals surface area (Å²) in [5.41, 5.74) is 7.87. The molecule has 0 fully saturated rings. The summed E-state index contributed by atoms with van der Waals surface area (Å²) in [7, 11) is 0. The maximum absolute atomic E-state index is 11.1. The second-order valence-electron chi connectivity index (χ2n) is 6.85. The number of amides is 1. The average molecular weight is 401 g/mol. The van der Waals surface area contributed by atoms with Crippen molar-refractivity contribution in [2.45, 2.75) is 44.6 Å². The molecule has 0 heterocycles. The quantitative estimate of drug-likeness (QED) is 0.354. The number of ether oxygens (including phenoxy) is 2. The second kappa shape index (κ2) is 10.1. The van der Waals surface area contributed by atoms with Gasteiger partial charge in [-0.25, -0.2) is 0 Å². The molecule has 2 aromatic rings. The fourth-order valence-corrected chi connectivity index (χ4v) is 3.28. The van der Waals surface area contributed by atoms with E-state index in [9.17, 15) is 4.79 Å². The minimum absolute atomic E-state index is 0.0395. The van der Waals surface area contributed by atoms with Crippen molar-refractivity contribution < 1.29 is 14.3 Å². The number of thioether (sulfide) groups is 1. The van der Waals surface area contributed by atoms with Crippen LogP contribution in [0.4, 0.5) is 5.69 Å². The first-order valence-corrected chi connectivity index (χ1v) is 10.0. The second-order valence-corrected chi connectivity index (χ2v) is 7.95. The van der Waals surface area contributed by atoms with Gasteiger partial charge in [-0.05, 0) is 56.2 Å². The molecule has 1 atom stereocenters. The molecular weight excluding hydrogens is 372 g/mol. The van der Waals surface area contributed by atoms with Crippen molar-refractivity contribution in [3.05, 3.63) is 59.7 Å². The van der Waals surface area contributed by atoms with Gasteiger partial charge >= 0.3 is 0 Å². The number of nitrogens with one attached hydrogen (secondary N) is 1. The zero-order chi connectivity index (χ0) is 20.7. The Morgan fingerprint density at radius 2 is 1.89 bits per heavy atom. The number of nitrogens with two attached hydrogens (primary N) is 1. The third kappa shape index (κ3) is 6.85. The van der Waals surface area contributed by atoms with Gasteiger partial charge in [0.05, 0.1) is 6.10 Å². The maximum atomic E-state index is 11.1. The van der Waals surface area contributed by atoms with Gasteiger partial charge in [0.1, 0.15) is 11.5 Å². The van der Waals surface area contributed by atoms with Crippen molar-refractivity contribution in [1.82, 2.24) is 5.32 Å². The predicted molar refractivity (Wildman–Crippen MR) is 116 cm³/mol. The number of anilines is 1. The van der Waals surface area contributed by atoms with Crippen LogP contribution in [0.2, 0.25) is 0 Å². The number of carbonyl (C=O) groups is 1. The Hall–Kier alpha value is -2.60. The molecule has 28 heavy (non-hydrogen) atoms. The van der Waals surface area contributed by atoms with Gasteiger partial charge in [0.25, 0.3) is 0 Å². The van der Waals surface area contributed by atoms with Crippen LogP contribution in [0.1, 0.15) is 39.2 Å². The molecule has 1 amide bonds. The molecule has 0 aromatic heterocycles. The zero-order valence-electron chi connectivity index (χ0n) is 16.8. The Bertz CT molecular complexity index is 836. The smallest absolute Gasteiger partial charge is 0.216 e. The molecule has 1 unspecified atom stereocenters. The first-order chi connectivity index (χ1) is 13.2. The molecule has 0 saturated heterocycles. The minimum atomic E-state index is -0.0395. The van der Waals surface area contributed by atoms with Crippen LogP contribution in [-0.4, -0.2) is 18.6 Å². The van der Waals surface area contributed by atoms with Crippen LogP contribution in [0.25, 0.3) is 0 Å². The average Bonchev–Trinajstić information content (AvgIpc) is 2.61. The van der Waals surface area contributed by atoms with E-state index in [2.05, 4.69) is 18.8 Å². The van der Waals surface area contributed by atoms with Crippen LogP contribution in [0, 0.1) is 0 Å².